The van der Waals surface area contributed by atoms with Gasteiger partial charge in [0.15, 0.2) is 0 Å². The van der Waals surface area contributed by atoms with Crippen LogP contribution in [0.5, 0.6) is 0 Å². The molecule has 4 atom stereocenters. The highest BCUT2D eigenvalue weighted by Gasteiger charge is 2.49. The van der Waals surface area contributed by atoms with Gasteiger partial charge < -0.3 is 11.1 Å². The third kappa shape index (κ3) is 3.31. The first-order valence-electron chi connectivity index (χ1n) is 7.67. The van der Waals surface area contributed by atoms with E-state index in [4.69, 9.17) is 5.73 Å². The molecule has 4 unspecified atom stereocenters. The molecule has 2 fully saturated rings. The third-order valence-corrected chi connectivity index (χ3v) is 4.72. The van der Waals surface area contributed by atoms with Gasteiger partial charge in [0.05, 0.1) is 5.92 Å². The molecule has 2 aliphatic carbocycles. The molecule has 2 saturated carbocycles. The van der Waals surface area contributed by atoms with E-state index in [0.717, 1.165) is 6.42 Å². The van der Waals surface area contributed by atoms with E-state index in [1.165, 1.54) is 19.3 Å². The first-order chi connectivity index (χ1) is 8.59. The molecule has 0 aromatic rings. The zero-order valence-electron chi connectivity index (χ0n) is 13.1. The number of rotatable bonds is 3. The van der Waals surface area contributed by atoms with Gasteiger partial charge in [-0.25, -0.2) is 0 Å². The number of amides is 1. The summed E-state index contributed by atoms with van der Waals surface area (Å²) >= 11 is 0. The second kappa shape index (κ2) is 4.76. The molecule has 0 heterocycles. The van der Waals surface area contributed by atoms with Crippen LogP contribution in [0.25, 0.3) is 0 Å². The fraction of sp³-hybridized carbons (Fsp3) is 0.938. The maximum atomic E-state index is 12.6. The molecular weight excluding hydrogens is 236 g/mol. The van der Waals surface area contributed by atoms with Gasteiger partial charge in [0, 0.05) is 11.6 Å². The fourth-order valence-electron chi connectivity index (χ4n) is 4.51. The van der Waals surface area contributed by atoms with E-state index in [2.05, 4.69) is 39.9 Å². The van der Waals surface area contributed by atoms with E-state index in [-0.39, 0.29) is 28.8 Å². The molecular formula is C16H30N2O. The molecule has 0 spiro atoms. The fourth-order valence-corrected chi connectivity index (χ4v) is 4.51. The van der Waals surface area contributed by atoms with Crippen molar-refractivity contribution in [2.75, 3.05) is 0 Å². The summed E-state index contributed by atoms with van der Waals surface area (Å²) in [5, 5.41) is 3.25. The number of hydrogen-bond donors (Lipinski definition) is 2. The number of fused-ring (bicyclic) bond motifs is 2. The van der Waals surface area contributed by atoms with Crippen molar-refractivity contribution < 1.29 is 4.79 Å². The molecule has 0 saturated heterocycles. The minimum absolute atomic E-state index is 0.0537. The predicted octanol–water partition coefficient (Wildman–Crippen LogP) is 2.69. The van der Waals surface area contributed by atoms with Gasteiger partial charge in [0.25, 0.3) is 0 Å². The summed E-state index contributed by atoms with van der Waals surface area (Å²) in [6, 6.07) is 0.0872. The Morgan fingerprint density at radius 2 is 1.74 bits per heavy atom. The summed E-state index contributed by atoms with van der Waals surface area (Å²) in [5.74, 6) is 1.36. The monoisotopic (exact) mass is 266 g/mol. The smallest absolute Gasteiger partial charge is 0.225 e. The Labute approximate surface area is 117 Å². The van der Waals surface area contributed by atoms with Gasteiger partial charge in [-0.15, -0.1) is 0 Å². The van der Waals surface area contributed by atoms with Gasteiger partial charge in [0.2, 0.25) is 5.91 Å². The van der Waals surface area contributed by atoms with E-state index in [9.17, 15) is 4.79 Å². The van der Waals surface area contributed by atoms with Crippen molar-refractivity contribution in [3.05, 3.63) is 0 Å². The normalized spacial score (nSPS) is 34.6. The topological polar surface area (TPSA) is 55.1 Å². The Bertz CT molecular complexity index is 354. The number of hydrogen-bond acceptors (Lipinski definition) is 2. The van der Waals surface area contributed by atoms with Crippen LogP contribution in [0.2, 0.25) is 0 Å². The molecule has 0 aromatic carbocycles. The summed E-state index contributed by atoms with van der Waals surface area (Å²) in [4.78, 5) is 12.6. The Kier molecular flexibility index (Phi) is 3.72. The van der Waals surface area contributed by atoms with Crippen molar-refractivity contribution in [2.45, 2.75) is 71.9 Å². The summed E-state index contributed by atoms with van der Waals surface area (Å²) in [6.07, 6.45) is 4.55. The molecule has 2 aliphatic rings. The number of carbonyl (C=O) groups is 1. The van der Waals surface area contributed by atoms with E-state index in [1.54, 1.807) is 0 Å². The molecule has 0 aromatic heterocycles. The lowest BCUT2D eigenvalue weighted by Gasteiger charge is -2.36. The number of nitrogens with one attached hydrogen (secondary N) is 1. The Morgan fingerprint density at radius 3 is 2.21 bits per heavy atom. The highest BCUT2D eigenvalue weighted by Crippen LogP contribution is 2.47. The summed E-state index contributed by atoms with van der Waals surface area (Å²) in [5.41, 5.74) is 6.31. The maximum absolute atomic E-state index is 12.6. The van der Waals surface area contributed by atoms with E-state index >= 15 is 0 Å². The molecule has 110 valence electrons. The Morgan fingerprint density at radius 1 is 1.16 bits per heavy atom. The Balaban J connectivity index is 1.98. The quantitative estimate of drug-likeness (QED) is 0.825. The molecule has 3 heteroatoms. The van der Waals surface area contributed by atoms with Gasteiger partial charge in [-0.3, -0.25) is 4.79 Å². The van der Waals surface area contributed by atoms with Crippen molar-refractivity contribution in [2.24, 2.45) is 28.9 Å². The van der Waals surface area contributed by atoms with Crippen LogP contribution in [-0.2, 0) is 4.79 Å². The lowest BCUT2D eigenvalue weighted by atomic mass is 9.80. The van der Waals surface area contributed by atoms with Gasteiger partial charge in [-0.1, -0.05) is 20.8 Å². The van der Waals surface area contributed by atoms with Crippen molar-refractivity contribution in [3.63, 3.8) is 0 Å². The lowest BCUT2D eigenvalue weighted by molar-refractivity contribution is -0.129. The minimum Gasteiger partial charge on any atom is -0.351 e. The van der Waals surface area contributed by atoms with E-state index in [1.807, 2.05) is 0 Å². The minimum atomic E-state index is -0.156. The van der Waals surface area contributed by atoms with Gasteiger partial charge in [-0.2, -0.15) is 0 Å². The van der Waals surface area contributed by atoms with Crippen LogP contribution < -0.4 is 11.1 Å². The molecule has 0 radical (unpaired) electrons. The molecule has 2 rings (SSSR count). The second-order valence-electron chi connectivity index (χ2n) is 8.55. The van der Waals surface area contributed by atoms with Gasteiger partial charge in [-0.05, 0) is 56.8 Å². The van der Waals surface area contributed by atoms with Crippen LogP contribution in [0.15, 0.2) is 0 Å². The van der Waals surface area contributed by atoms with Crippen LogP contribution in [0.1, 0.15) is 60.3 Å². The Hall–Kier alpha value is -0.570. The number of carbonyl (C=O) groups excluding carboxylic acids is 1. The van der Waals surface area contributed by atoms with Gasteiger partial charge >= 0.3 is 0 Å². The molecule has 2 bridgehead atoms. The average molecular weight is 266 g/mol. The SMILES string of the molecule is CC(C)(C)CC(C)(C)NC(=O)C1C2CCC(C2)C1N. The molecule has 3 nitrogen and oxygen atoms in total. The lowest BCUT2D eigenvalue weighted by Crippen LogP contribution is -2.52. The zero-order valence-corrected chi connectivity index (χ0v) is 13.1. The molecule has 19 heavy (non-hydrogen) atoms. The zero-order chi connectivity index (χ0) is 14.4. The largest absolute Gasteiger partial charge is 0.351 e. The summed E-state index contributed by atoms with van der Waals surface area (Å²) in [6.45, 7) is 10.9. The first-order valence-corrected chi connectivity index (χ1v) is 7.67. The third-order valence-electron chi connectivity index (χ3n) is 4.72. The van der Waals surface area contributed by atoms with E-state index in [0.29, 0.717) is 11.8 Å². The van der Waals surface area contributed by atoms with Crippen LogP contribution in [0.4, 0.5) is 0 Å². The maximum Gasteiger partial charge on any atom is 0.225 e. The van der Waals surface area contributed by atoms with Crippen molar-refractivity contribution >= 4 is 5.91 Å². The summed E-state index contributed by atoms with van der Waals surface area (Å²) < 4.78 is 0. The van der Waals surface area contributed by atoms with Crippen molar-refractivity contribution in [3.8, 4) is 0 Å². The van der Waals surface area contributed by atoms with Crippen LogP contribution in [0.3, 0.4) is 0 Å². The first kappa shape index (κ1) is 14.8. The van der Waals surface area contributed by atoms with Crippen molar-refractivity contribution in [1.29, 1.82) is 0 Å². The summed E-state index contributed by atoms with van der Waals surface area (Å²) in [7, 11) is 0. The molecule has 1 amide bonds. The molecule has 0 aliphatic heterocycles. The van der Waals surface area contributed by atoms with Crippen molar-refractivity contribution in [1.82, 2.24) is 5.32 Å². The standard InChI is InChI=1S/C16H30N2O/c1-15(2,3)9-16(4,5)18-14(19)12-10-6-7-11(8-10)13(12)17/h10-13H,6-9,17H2,1-5H3,(H,18,19). The van der Waals surface area contributed by atoms with Crippen LogP contribution >= 0.6 is 0 Å². The van der Waals surface area contributed by atoms with Crippen LogP contribution in [-0.4, -0.2) is 17.5 Å². The second-order valence-corrected chi connectivity index (χ2v) is 8.55. The van der Waals surface area contributed by atoms with Gasteiger partial charge in [0.1, 0.15) is 0 Å². The van der Waals surface area contributed by atoms with Crippen LogP contribution in [0, 0.1) is 23.2 Å². The highest BCUT2D eigenvalue weighted by molar-refractivity contribution is 5.81. The predicted molar refractivity (Wildman–Crippen MR) is 78.6 cm³/mol. The number of nitrogens with two attached hydrogens (primary N) is 1. The highest BCUT2D eigenvalue weighted by atomic mass is 16.2. The average Bonchev–Trinajstić information content (AvgIpc) is 2.71. The molecule has 3 N–H and O–H groups in total. The van der Waals surface area contributed by atoms with E-state index < -0.39 is 0 Å².